The summed E-state index contributed by atoms with van der Waals surface area (Å²) in [5.41, 5.74) is 3.36. The van der Waals surface area contributed by atoms with E-state index in [0.717, 1.165) is 21.7 Å². The average molecular weight is 536 g/mol. The summed E-state index contributed by atoms with van der Waals surface area (Å²) in [7, 11) is -7.63. The lowest BCUT2D eigenvalue weighted by molar-refractivity contribution is -0.114. The molecule has 3 aromatic carbocycles. The number of nitrogens with zero attached hydrogens (tertiary/aromatic N) is 1. The first-order valence-corrected chi connectivity index (χ1v) is 14.2. The van der Waals surface area contributed by atoms with E-state index in [-0.39, 0.29) is 4.90 Å². The van der Waals surface area contributed by atoms with Crippen LogP contribution in [-0.2, 0) is 24.8 Å². The van der Waals surface area contributed by atoms with Crippen LogP contribution >= 0.6 is 11.6 Å². The lowest BCUT2D eigenvalue weighted by Gasteiger charge is -2.24. The Morgan fingerprint density at radius 3 is 2.06 bits per heavy atom. The van der Waals surface area contributed by atoms with Crippen molar-refractivity contribution in [2.75, 3.05) is 27.1 Å². The van der Waals surface area contributed by atoms with Crippen molar-refractivity contribution >= 4 is 54.6 Å². The van der Waals surface area contributed by atoms with E-state index in [1.807, 2.05) is 32.0 Å². The molecule has 0 fully saturated rings. The monoisotopic (exact) mass is 535 g/mol. The molecular weight excluding hydrogens is 510 g/mol. The second-order valence-corrected chi connectivity index (χ2v) is 12.2. The van der Waals surface area contributed by atoms with Crippen LogP contribution < -0.4 is 14.3 Å². The molecule has 186 valence electrons. The molecule has 0 aliphatic rings. The van der Waals surface area contributed by atoms with E-state index in [9.17, 15) is 21.6 Å². The Morgan fingerprint density at radius 1 is 0.886 bits per heavy atom. The number of para-hydroxylation sites is 1. The topological polar surface area (TPSA) is 113 Å². The number of carbonyl (C=O) groups is 1. The molecular formula is C24H26ClN3O5S2. The largest absolute Gasteiger partial charge is 0.325 e. The number of anilines is 3. The predicted octanol–water partition coefficient (Wildman–Crippen LogP) is 4.47. The smallest absolute Gasteiger partial charge is 0.261 e. The number of halogens is 1. The van der Waals surface area contributed by atoms with Crippen LogP contribution in [0.15, 0.2) is 65.6 Å². The van der Waals surface area contributed by atoms with Gasteiger partial charge >= 0.3 is 0 Å². The van der Waals surface area contributed by atoms with Crippen LogP contribution in [-0.4, -0.2) is 35.5 Å². The number of benzene rings is 3. The Labute approximate surface area is 211 Å². The first-order valence-electron chi connectivity index (χ1n) is 10.5. The van der Waals surface area contributed by atoms with Crippen molar-refractivity contribution in [1.29, 1.82) is 0 Å². The molecule has 11 heteroatoms. The van der Waals surface area contributed by atoms with Gasteiger partial charge in [0.25, 0.3) is 10.0 Å². The Morgan fingerprint density at radius 2 is 1.49 bits per heavy atom. The molecule has 3 aromatic rings. The third-order valence-electron chi connectivity index (χ3n) is 5.29. The minimum Gasteiger partial charge on any atom is -0.325 e. The van der Waals surface area contributed by atoms with Gasteiger partial charge in [-0.1, -0.05) is 35.9 Å². The predicted molar refractivity (Wildman–Crippen MR) is 140 cm³/mol. The van der Waals surface area contributed by atoms with Crippen molar-refractivity contribution in [3.63, 3.8) is 0 Å². The van der Waals surface area contributed by atoms with Crippen molar-refractivity contribution in [2.45, 2.75) is 25.7 Å². The highest BCUT2D eigenvalue weighted by molar-refractivity contribution is 7.92. The van der Waals surface area contributed by atoms with Crippen molar-refractivity contribution in [3.05, 3.63) is 82.4 Å². The Kier molecular flexibility index (Phi) is 7.78. The van der Waals surface area contributed by atoms with Crippen molar-refractivity contribution in [2.24, 2.45) is 0 Å². The normalized spacial score (nSPS) is 11.7. The van der Waals surface area contributed by atoms with Crippen LogP contribution in [0.5, 0.6) is 0 Å². The molecule has 35 heavy (non-hydrogen) atoms. The second kappa shape index (κ2) is 10.3. The minimum absolute atomic E-state index is 0.0190. The van der Waals surface area contributed by atoms with Gasteiger partial charge in [0.2, 0.25) is 15.9 Å². The highest BCUT2D eigenvalue weighted by atomic mass is 35.5. The van der Waals surface area contributed by atoms with Gasteiger partial charge in [-0.25, -0.2) is 16.8 Å². The van der Waals surface area contributed by atoms with E-state index < -0.39 is 32.5 Å². The number of hydrogen-bond acceptors (Lipinski definition) is 5. The van der Waals surface area contributed by atoms with Crippen LogP contribution in [0.25, 0.3) is 0 Å². The number of carbonyl (C=O) groups excluding carboxylic acids is 1. The van der Waals surface area contributed by atoms with Gasteiger partial charge in [0.05, 0.1) is 22.5 Å². The lowest BCUT2D eigenvalue weighted by atomic mass is 10.1. The summed E-state index contributed by atoms with van der Waals surface area (Å²) >= 11 is 6.02. The maximum Gasteiger partial charge on any atom is 0.261 e. The minimum atomic E-state index is -3.85. The van der Waals surface area contributed by atoms with Crippen molar-refractivity contribution in [1.82, 2.24) is 0 Å². The van der Waals surface area contributed by atoms with E-state index in [1.54, 1.807) is 19.1 Å². The van der Waals surface area contributed by atoms with Gasteiger partial charge in [-0.2, -0.15) is 0 Å². The molecule has 0 saturated carbocycles. The summed E-state index contributed by atoms with van der Waals surface area (Å²) in [6.45, 7) is 4.86. The van der Waals surface area contributed by atoms with E-state index in [0.29, 0.717) is 27.6 Å². The molecule has 0 aliphatic carbocycles. The Balaban J connectivity index is 1.76. The maximum atomic E-state index is 12.8. The summed E-state index contributed by atoms with van der Waals surface area (Å²) in [5.74, 6) is -0.598. The first-order chi connectivity index (χ1) is 16.3. The highest BCUT2D eigenvalue weighted by Crippen LogP contribution is 2.27. The molecule has 0 unspecified atom stereocenters. The molecule has 2 N–H and O–H groups in total. The van der Waals surface area contributed by atoms with Gasteiger partial charge in [-0.3, -0.25) is 13.8 Å². The van der Waals surface area contributed by atoms with Gasteiger partial charge in [-0.05, 0) is 73.9 Å². The third-order valence-corrected chi connectivity index (χ3v) is 8.02. The summed E-state index contributed by atoms with van der Waals surface area (Å²) < 4.78 is 54.0. The van der Waals surface area contributed by atoms with E-state index in [4.69, 9.17) is 11.6 Å². The first kappa shape index (κ1) is 26.5. The fourth-order valence-corrected chi connectivity index (χ4v) is 5.72. The number of amides is 1. The Bertz CT molecular complexity index is 1450. The summed E-state index contributed by atoms with van der Waals surface area (Å²) in [4.78, 5) is 12.7. The molecule has 0 aliphatic heterocycles. The van der Waals surface area contributed by atoms with Gasteiger partial charge in [-0.15, -0.1) is 0 Å². The molecule has 0 radical (unpaired) electrons. The maximum absolute atomic E-state index is 12.8. The fraction of sp³-hybridized carbons (Fsp3) is 0.208. The number of hydrogen-bond donors (Lipinski definition) is 2. The fourth-order valence-electron chi connectivity index (χ4n) is 3.45. The molecule has 0 spiro atoms. The van der Waals surface area contributed by atoms with Crippen LogP contribution in [0.4, 0.5) is 17.1 Å². The molecule has 1 amide bonds. The van der Waals surface area contributed by atoms with Gasteiger partial charge < -0.3 is 5.32 Å². The summed E-state index contributed by atoms with van der Waals surface area (Å²) in [5, 5.41) is 2.94. The number of nitrogens with one attached hydrogen (secondary N) is 2. The zero-order chi connectivity index (χ0) is 26.0. The van der Waals surface area contributed by atoms with Crippen LogP contribution in [0.3, 0.4) is 0 Å². The van der Waals surface area contributed by atoms with Crippen molar-refractivity contribution in [3.8, 4) is 0 Å². The molecule has 0 saturated heterocycles. The highest BCUT2D eigenvalue weighted by Gasteiger charge is 2.23. The lowest BCUT2D eigenvalue weighted by Crippen LogP contribution is -2.37. The number of rotatable bonds is 8. The van der Waals surface area contributed by atoms with Gasteiger partial charge in [0.15, 0.2) is 0 Å². The standard InChI is InChI=1S/C24H26ClN3O5S2/c1-16-8-9-19(25)14-22(16)28(34(4,30)31)15-23(29)26-20-10-12-21(13-11-20)35(32,33)27-24-17(2)6-5-7-18(24)3/h5-14,27H,15H2,1-4H3,(H,26,29). The SMILES string of the molecule is Cc1ccc(Cl)cc1N(CC(=O)Nc1ccc(S(=O)(=O)Nc2c(C)cccc2C)cc1)S(C)(=O)=O. The Hall–Kier alpha value is -3.08. The summed E-state index contributed by atoms with van der Waals surface area (Å²) in [6.07, 6.45) is 1.00. The quantitative estimate of drug-likeness (QED) is 0.442. The van der Waals surface area contributed by atoms with Crippen LogP contribution in [0.1, 0.15) is 16.7 Å². The average Bonchev–Trinajstić information content (AvgIpc) is 2.76. The van der Waals surface area contributed by atoms with Gasteiger partial charge in [0.1, 0.15) is 6.54 Å². The van der Waals surface area contributed by atoms with E-state index >= 15 is 0 Å². The molecule has 0 heterocycles. The van der Waals surface area contributed by atoms with E-state index in [2.05, 4.69) is 10.0 Å². The van der Waals surface area contributed by atoms with E-state index in [1.165, 1.54) is 30.3 Å². The molecule has 8 nitrogen and oxygen atoms in total. The molecule has 0 bridgehead atoms. The zero-order valence-electron chi connectivity index (χ0n) is 19.7. The zero-order valence-corrected chi connectivity index (χ0v) is 22.1. The van der Waals surface area contributed by atoms with Gasteiger partial charge in [0, 0.05) is 10.7 Å². The molecule has 3 rings (SSSR count). The number of sulfonamides is 2. The molecule has 0 atom stereocenters. The summed E-state index contributed by atoms with van der Waals surface area (Å²) in [6, 6.07) is 15.8. The van der Waals surface area contributed by atoms with Crippen LogP contribution in [0.2, 0.25) is 5.02 Å². The second-order valence-electron chi connectivity index (χ2n) is 8.15. The number of aryl methyl sites for hydroxylation is 3. The molecule has 0 aromatic heterocycles. The van der Waals surface area contributed by atoms with Crippen LogP contribution in [0, 0.1) is 20.8 Å². The third kappa shape index (κ3) is 6.53. The van der Waals surface area contributed by atoms with Crippen molar-refractivity contribution < 1.29 is 21.6 Å².